The lowest BCUT2D eigenvalue weighted by molar-refractivity contribution is -0.127. The summed E-state index contributed by atoms with van der Waals surface area (Å²) in [6, 6.07) is 0. The molecular weight excluding hydrogens is 226 g/mol. The molecule has 0 aliphatic rings. The van der Waals surface area contributed by atoms with E-state index >= 15 is 0 Å². The number of unbranched alkanes of at least 4 members (excludes halogenated alkanes) is 3. The molecule has 0 atom stereocenters. The Hall–Kier alpha value is -0.580. The molecule has 16 heavy (non-hydrogen) atoms. The summed E-state index contributed by atoms with van der Waals surface area (Å²) in [4.78, 5) is 11.7. The molecule has 0 saturated carbocycles. The van der Waals surface area contributed by atoms with Crippen LogP contribution in [0.15, 0.2) is 0 Å². The SMILES string of the molecule is CCCCCCC(C)(C)C(=O)NS(C)(=O)=O. The van der Waals surface area contributed by atoms with Crippen molar-refractivity contribution in [1.29, 1.82) is 0 Å². The predicted octanol–water partition coefficient (Wildman–Crippen LogP) is 2.06. The molecule has 0 aromatic rings. The summed E-state index contributed by atoms with van der Waals surface area (Å²) in [5.41, 5.74) is -0.614. The second-order valence-corrected chi connectivity index (χ2v) is 6.65. The highest BCUT2D eigenvalue weighted by Crippen LogP contribution is 2.24. The molecule has 1 amide bonds. The summed E-state index contributed by atoms with van der Waals surface area (Å²) >= 11 is 0. The van der Waals surface area contributed by atoms with Crippen molar-refractivity contribution < 1.29 is 13.2 Å². The molecule has 0 spiro atoms. The zero-order valence-electron chi connectivity index (χ0n) is 10.7. The van der Waals surface area contributed by atoms with E-state index in [9.17, 15) is 13.2 Å². The van der Waals surface area contributed by atoms with Crippen LogP contribution in [0.4, 0.5) is 0 Å². The summed E-state index contributed by atoms with van der Waals surface area (Å²) in [5.74, 6) is -0.411. The fourth-order valence-electron chi connectivity index (χ4n) is 1.41. The van der Waals surface area contributed by atoms with E-state index in [-0.39, 0.29) is 0 Å². The molecule has 96 valence electrons. The first-order chi connectivity index (χ1) is 7.19. The maximum absolute atomic E-state index is 11.7. The van der Waals surface area contributed by atoms with E-state index in [0.29, 0.717) is 6.42 Å². The van der Waals surface area contributed by atoms with Gasteiger partial charge in [0.05, 0.1) is 6.26 Å². The van der Waals surface area contributed by atoms with Gasteiger partial charge in [-0.25, -0.2) is 8.42 Å². The van der Waals surface area contributed by atoms with Crippen molar-refractivity contribution in [3.63, 3.8) is 0 Å². The Morgan fingerprint density at radius 1 is 1.19 bits per heavy atom. The Morgan fingerprint density at radius 3 is 2.19 bits per heavy atom. The molecule has 0 radical (unpaired) electrons. The van der Waals surface area contributed by atoms with Gasteiger partial charge in [-0.3, -0.25) is 9.52 Å². The molecule has 0 aliphatic heterocycles. The van der Waals surface area contributed by atoms with E-state index in [0.717, 1.165) is 31.9 Å². The van der Waals surface area contributed by atoms with Gasteiger partial charge in [0.2, 0.25) is 15.9 Å². The Morgan fingerprint density at radius 2 is 1.75 bits per heavy atom. The number of hydrogen-bond donors (Lipinski definition) is 1. The smallest absolute Gasteiger partial charge is 0.239 e. The molecule has 4 nitrogen and oxygen atoms in total. The summed E-state index contributed by atoms with van der Waals surface area (Å²) < 4.78 is 23.9. The third-order valence-corrected chi connectivity index (χ3v) is 3.10. The lowest BCUT2D eigenvalue weighted by Crippen LogP contribution is -2.39. The fraction of sp³-hybridized carbons (Fsp3) is 0.909. The van der Waals surface area contributed by atoms with Crippen molar-refractivity contribution >= 4 is 15.9 Å². The van der Waals surface area contributed by atoms with Gasteiger partial charge < -0.3 is 0 Å². The van der Waals surface area contributed by atoms with Crippen LogP contribution in [0.2, 0.25) is 0 Å². The van der Waals surface area contributed by atoms with Crippen LogP contribution < -0.4 is 4.72 Å². The third-order valence-electron chi connectivity index (χ3n) is 2.55. The minimum atomic E-state index is -3.44. The molecule has 0 fully saturated rings. The van der Waals surface area contributed by atoms with Gasteiger partial charge in [-0.1, -0.05) is 46.5 Å². The van der Waals surface area contributed by atoms with E-state index in [1.807, 2.05) is 4.72 Å². The predicted molar refractivity (Wildman–Crippen MR) is 65.5 cm³/mol. The van der Waals surface area contributed by atoms with Crippen molar-refractivity contribution in [3.8, 4) is 0 Å². The molecule has 0 bridgehead atoms. The van der Waals surface area contributed by atoms with Gasteiger partial charge >= 0.3 is 0 Å². The minimum Gasteiger partial charge on any atom is -0.273 e. The van der Waals surface area contributed by atoms with Gasteiger partial charge in [0.1, 0.15) is 0 Å². The molecule has 0 aliphatic carbocycles. The van der Waals surface area contributed by atoms with Gasteiger partial charge in [-0.2, -0.15) is 0 Å². The van der Waals surface area contributed by atoms with Crippen molar-refractivity contribution in [1.82, 2.24) is 4.72 Å². The second-order valence-electron chi connectivity index (χ2n) is 4.90. The van der Waals surface area contributed by atoms with Crippen LogP contribution in [0.3, 0.4) is 0 Å². The average molecular weight is 249 g/mol. The van der Waals surface area contributed by atoms with E-state index in [4.69, 9.17) is 0 Å². The number of carbonyl (C=O) groups excluding carboxylic acids is 1. The summed E-state index contributed by atoms with van der Waals surface area (Å²) in [6.45, 7) is 5.68. The van der Waals surface area contributed by atoms with E-state index in [1.54, 1.807) is 13.8 Å². The standard InChI is InChI=1S/C11H23NO3S/c1-5-6-7-8-9-11(2,3)10(13)12-16(4,14)15/h5-9H2,1-4H3,(H,12,13). The molecular formula is C11H23NO3S. The van der Waals surface area contributed by atoms with Crippen molar-refractivity contribution in [2.75, 3.05) is 6.26 Å². The van der Waals surface area contributed by atoms with Crippen molar-refractivity contribution in [3.05, 3.63) is 0 Å². The van der Waals surface area contributed by atoms with Gasteiger partial charge in [-0.15, -0.1) is 0 Å². The van der Waals surface area contributed by atoms with Crippen LogP contribution in [0, 0.1) is 5.41 Å². The number of hydrogen-bond acceptors (Lipinski definition) is 3. The highest BCUT2D eigenvalue weighted by Gasteiger charge is 2.28. The molecule has 0 unspecified atom stereocenters. The number of amides is 1. The Bertz CT molecular complexity index is 320. The largest absolute Gasteiger partial charge is 0.273 e. The monoisotopic (exact) mass is 249 g/mol. The molecule has 0 heterocycles. The van der Waals surface area contributed by atoms with Crippen LogP contribution >= 0.6 is 0 Å². The molecule has 0 aromatic heterocycles. The highest BCUT2D eigenvalue weighted by atomic mass is 32.2. The topological polar surface area (TPSA) is 63.2 Å². The minimum absolute atomic E-state index is 0.411. The van der Waals surface area contributed by atoms with Crippen LogP contribution in [-0.4, -0.2) is 20.6 Å². The van der Waals surface area contributed by atoms with E-state index in [1.165, 1.54) is 0 Å². The number of carbonyl (C=O) groups is 1. The van der Waals surface area contributed by atoms with Crippen LogP contribution in [0.25, 0.3) is 0 Å². The molecule has 0 aromatic carbocycles. The van der Waals surface area contributed by atoms with Crippen molar-refractivity contribution in [2.45, 2.75) is 52.9 Å². The van der Waals surface area contributed by atoms with Crippen LogP contribution in [-0.2, 0) is 14.8 Å². The molecule has 0 rings (SSSR count). The van der Waals surface area contributed by atoms with Crippen LogP contribution in [0.5, 0.6) is 0 Å². The Kier molecular flexibility index (Phi) is 6.00. The molecule has 1 N–H and O–H groups in total. The lowest BCUT2D eigenvalue weighted by Gasteiger charge is -2.22. The lowest BCUT2D eigenvalue weighted by atomic mass is 9.86. The first-order valence-corrected chi connectivity index (χ1v) is 7.60. The fourth-order valence-corrected chi connectivity index (χ4v) is 2.03. The van der Waals surface area contributed by atoms with Gasteiger partial charge in [0, 0.05) is 5.41 Å². The van der Waals surface area contributed by atoms with E-state index < -0.39 is 21.3 Å². The van der Waals surface area contributed by atoms with Gasteiger partial charge in [0.25, 0.3) is 0 Å². The normalized spacial score (nSPS) is 12.5. The summed E-state index contributed by atoms with van der Waals surface area (Å²) in [7, 11) is -3.44. The number of nitrogens with one attached hydrogen (secondary N) is 1. The highest BCUT2D eigenvalue weighted by molar-refractivity contribution is 7.89. The molecule has 5 heteroatoms. The first kappa shape index (κ1) is 15.4. The van der Waals surface area contributed by atoms with Gasteiger partial charge in [-0.05, 0) is 6.42 Å². The van der Waals surface area contributed by atoms with Crippen LogP contribution in [0.1, 0.15) is 52.9 Å². The second kappa shape index (κ2) is 6.23. The summed E-state index contributed by atoms with van der Waals surface area (Å²) in [5, 5.41) is 0. The Labute approximate surface area is 98.9 Å². The molecule has 0 saturated heterocycles. The maximum atomic E-state index is 11.7. The zero-order valence-corrected chi connectivity index (χ0v) is 11.5. The number of sulfonamides is 1. The van der Waals surface area contributed by atoms with Crippen molar-refractivity contribution in [2.24, 2.45) is 5.41 Å². The van der Waals surface area contributed by atoms with E-state index in [2.05, 4.69) is 6.92 Å². The number of rotatable bonds is 7. The van der Waals surface area contributed by atoms with Gasteiger partial charge in [0.15, 0.2) is 0 Å². The summed E-state index contributed by atoms with van der Waals surface area (Å²) in [6.07, 6.45) is 6.07. The maximum Gasteiger partial charge on any atom is 0.239 e. The first-order valence-electron chi connectivity index (χ1n) is 5.71. The quantitative estimate of drug-likeness (QED) is 0.702. The third kappa shape index (κ3) is 6.82. The average Bonchev–Trinajstić information content (AvgIpc) is 2.09. The zero-order chi connectivity index (χ0) is 12.8. The Balaban J connectivity index is 4.16.